The number of nitriles is 1. The molecule has 0 N–H and O–H groups in total. The van der Waals surface area contributed by atoms with Gasteiger partial charge in [0.05, 0.1) is 12.0 Å². The molecule has 2 aromatic carbocycles. The standard InChI is InChI=1S/C21H20N2O/c22-14-17-13-21(18-9-5-2-6-10-18)20(24)12-11-19(17)23(21)15-16-7-3-1-4-8-16/h1-10,17,19H,11-13,15H2. The summed E-state index contributed by atoms with van der Waals surface area (Å²) in [5, 5.41) is 9.66. The van der Waals surface area contributed by atoms with E-state index in [-0.39, 0.29) is 17.7 Å². The molecule has 4 rings (SSSR count). The number of carbonyl (C=O) groups is 1. The maximum absolute atomic E-state index is 13.1. The van der Waals surface area contributed by atoms with Crippen LogP contribution >= 0.6 is 0 Å². The predicted octanol–water partition coefficient (Wildman–Crippen LogP) is 3.66. The molecule has 24 heavy (non-hydrogen) atoms. The molecule has 2 saturated heterocycles. The van der Waals surface area contributed by atoms with Crippen molar-refractivity contribution in [1.29, 1.82) is 5.26 Å². The molecule has 0 saturated carbocycles. The molecule has 0 radical (unpaired) electrons. The average molecular weight is 316 g/mol. The van der Waals surface area contributed by atoms with Crippen molar-refractivity contribution >= 4 is 5.78 Å². The van der Waals surface area contributed by atoms with Crippen molar-refractivity contribution in [1.82, 2.24) is 4.90 Å². The normalized spacial score (nSPS) is 29.4. The van der Waals surface area contributed by atoms with Crippen LogP contribution < -0.4 is 0 Å². The van der Waals surface area contributed by atoms with Crippen molar-refractivity contribution in [2.24, 2.45) is 5.92 Å². The highest BCUT2D eigenvalue weighted by atomic mass is 16.1. The molecule has 2 aliphatic rings. The van der Waals surface area contributed by atoms with Gasteiger partial charge in [0.15, 0.2) is 5.78 Å². The molecule has 3 atom stereocenters. The number of carbonyl (C=O) groups excluding carboxylic acids is 1. The largest absolute Gasteiger partial charge is 0.297 e. The number of fused-ring (bicyclic) bond motifs is 2. The van der Waals surface area contributed by atoms with Crippen molar-refractivity contribution in [2.45, 2.75) is 37.4 Å². The summed E-state index contributed by atoms with van der Waals surface area (Å²) in [6.45, 7) is 0.713. The van der Waals surface area contributed by atoms with Gasteiger partial charge in [0, 0.05) is 19.0 Å². The number of piperidine rings is 1. The molecule has 2 aliphatic heterocycles. The molecule has 0 amide bonds. The molecule has 0 aliphatic carbocycles. The van der Waals surface area contributed by atoms with Crippen molar-refractivity contribution in [3.8, 4) is 6.07 Å². The molecule has 0 spiro atoms. The second-order valence-electron chi connectivity index (χ2n) is 6.81. The summed E-state index contributed by atoms with van der Waals surface area (Å²) in [4.78, 5) is 15.4. The van der Waals surface area contributed by atoms with Crippen LogP contribution in [0.3, 0.4) is 0 Å². The molecule has 120 valence electrons. The Morgan fingerprint density at radius 3 is 2.42 bits per heavy atom. The fourth-order valence-corrected chi connectivity index (χ4v) is 4.51. The molecule has 2 aromatic rings. The van der Waals surface area contributed by atoms with Crippen molar-refractivity contribution in [2.75, 3.05) is 0 Å². The topological polar surface area (TPSA) is 44.1 Å². The first kappa shape index (κ1) is 15.1. The first-order valence-electron chi connectivity index (χ1n) is 8.55. The van der Waals surface area contributed by atoms with Gasteiger partial charge in [-0.05, 0) is 24.0 Å². The Labute approximate surface area is 142 Å². The first-order valence-corrected chi connectivity index (χ1v) is 8.55. The second kappa shape index (κ2) is 5.89. The van der Waals surface area contributed by atoms with Gasteiger partial charge in [0.1, 0.15) is 5.54 Å². The Kier molecular flexibility index (Phi) is 3.70. The highest BCUT2D eigenvalue weighted by Crippen LogP contribution is 2.51. The fourth-order valence-electron chi connectivity index (χ4n) is 4.51. The van der Waals surface area contributed by atoms with Crippen LogP contribution in [0, 0.1) is 17.2 Å². The van der Waals surface area contributed by atoms with Crippen LogP contribution in [-0.2, 0) is 16.9 Å². The van der Waals surface area contributed by atoms with E-state index in [1.165, 1.54) is 5.56 Å². The minimum atomic E-state index is -0.638. The van der Waals surface area contributed by atoms with Gasteiger partial charge >= 0.3 is 0 Å². The lowest BCUT2D eigenvalue weighted by molar-refractivity contribution is -0.135. The quantitative estimate of drug-likeness (QED) is 0.868. The molecule has 2 bridgehead atoms. The minimum absolute atomic E-state index is 0.0830. The molecular formula is C21H20N2O. The summed E-state index contributed by atoms with van der Waals surface area (Å²) in [6, 6.07) is 22.9. The lowest BCUT2D eigenvalue weighted by atomic mass is 9.79. The number of nitrogens with zero attached hydrogens (tertiary/aromatic N) is 2. The lowest BCUT2D eigenvalue weighted by Gasteiger charge is -2.44. The second-order valence-corrected chi connectivity index (χ2v) is 6.81. The monoisotopic (exact) mass is 316 g/mol. The van der Waals surface area contributed by atoms with Crippen molar-refractivity contribution < 1.29 is 4.79 Å². The zero-order valence-electron chi connectivity index (χ0n) is 13.6. The summed E-state index contributed by atoms with van der Waals surface area (Å²) >= 11 is 0. The van der Waals surface area contributed by atoms with Crippen LogP contribution in [0.4, 0.5) is 0 Å². The number of hydrogen-bond acceptors (Lipinski definition) is 3. The lowest BCUT2D eigenvalue weighted by Crippen LogP contribution is -2.53. The molecule has 2 heterocycles. The van der Waals surface area contributed by atoms with E-state index >= 15 is 0 Å². The number of Topliss-reactive ketones (excluding diaryl/α,β-unsaturated/α-hetero) is 1. The van der Waals surface area contributed by atoms with Crippen LogP contribution in [0.5, 0.6) is 0 Å². The van der Waals surface area contributed by atoms with E-state index in [0.717, 1.165) is 12.0 Å². The zero-order chi connectivity index (χ0) is 16.6. The van der Waals surface area contributed by atoms with Crippen LogP contribution in [0.1, 0.15) is 30.4 Å². The van der Waals surface area contributed by atoms with Gasteiger partial charge in [-0.25, -0.2) is 0 Å². The molecule has 3 nitrogen and oxygen atoms in total. The van der Waals surface area contributed by atoms with Crippen molar-refractivity contribution in [3.05, 3.63) is 71.8 Å². The van der Waals surface area contributed by atoms with Crippen LogP contribution in [-0.4, -0.2) is 16.7 Å². The van der Waals surface area contributed by atoms with Gasteiger partial charge in [-0.3, -0.25) is 9.69 Å². The van der Waals surface area contributed by atoms with E-state index in [1.807, 2.05) is 48.5 Å². The smallest absolute Gasteiger partial charge is 0.157 e. The summed E-state index contributed by atoms with van der Waals surface area (Å²) in [6.07, 6.45) is 1.98. The Hall–Kier alpha value is -2.44. The van der Waals surface area contributed by atoms with E-state index in [2.05, 4.69) is 23.1 Å². The van der Waals surface area contributed by atoms with E-state index in [9.17, 15) is 10.1 Å². The van der Waals surface area contributed by atoms with Gasteiger partial charge < -0.3 is 0 Å². The van der Waals surface area contributed by atoms with E-state index < -0.39 is 5.54 Å². The van der Waals surface area contributed by atoms with Crippen LogP contribution in [0.25, 0.3) is 0 Å². The fraction of sp³-hybridized carbons (Fsp3) is 0.333. The van der Waals surface area contributed by atoms with Crippen LogP contribution in [0.15, 0.2) is 60.7 Å². The van der Waals surface area contributed by atoms with Crippen LogP contribution in [0.2, 0.25) is 0 Å². The Morgan fingerprint density at radius 1 is 1.08 bits per heavy atom. The summed E-state index contributed by atoms with van der Waals surface area (Å²) < 4.78 is 0. The molecule has 3 unspecified atom stereocenters. The van der Waals surface area contributed by atoms with Gasteiger partial charge in [0.25, 0.3) is 0 Å². The number of hydrogen-bond donors (Lipinski definition) is 0. The number of benzene rings is 2. The highest BCUT2D eigenvalue weighted by Gasteiger charge is 2.59. The van der Waals surface area contributed by atoms with Gasteiger partial charge in [-0.15, -0.1) is 0 Å². The molecular weight excluding hydrogens is 296 g/mol. The first-order chi connectivity index (χ1) is 11.8. The van der Waals surface area contributed by atoms with E-state index in [4.69, 9.17) is 0 Å². The molecule has 3 heteroatoms. The highest BCUT2D eigenvalue weighted by molar-refractivity contribution is 5.91. The van der Waals surface area contributed by atoms with E-state index in [1.54, 1.807) is 0 Å². The third-order valence-corrected chi connectivity index (χ3v) is 5.61. The van der Waals surface area contributed by atoms with E-state index in [0.29, 0.717) is 19.4 Å². The summed E-state index contributed by atoms with van der Waals surface area (Å²) in [5.41, 5.74) is 1.59. The van der Waals surface area contributed by atoms with Gasteiger partial charge in [0.2, 0.25) is 0 Å². The van der Waals surface area contributed by atoms with Crippen molar-refractivity contribution in [3.63, 3.8) is 0 Å². The maximum atomic E-state index is 13.1. The Bertz CT molecular complexity index is 780. The number of ketones is 1. The Morgan fingerprint density at radius 2 is 1.75 bits per heavy atom. The number of rotatable bonds is 3. The predicted molar refractivity (Wildman–Crippen MR) is 91.9 cm³/mol. The SMILES string of the molecule is N#CC1CC2(c3ccccc3)C(=O)CCC1N2Cc1ccccc1. The van der Waals surface area contributed by atoms with Gasteiger partial charge in [-0.2, -0.15) is 5.26 Å². The Balaban J connectivity index is 1.82. The summed E-state index contributed by atoms with van der Waals surface area (Å²) in [5.74, 6) is 0.180. The zero-order valence-corrected chi connectivity index (χ0v) is 13.6. The third-order valence-electron chi connectivity index (χ3n) is 5.61. The third kappa shape index (κ3) is 2.18. The molecule has 2 fully saturated rings. The maximum Gasteiger partial charge on any atom is 0.157 e. The van der Waals surface area contributed by atoms with Gasteiger partial charge in [-0.1, -0.05) is 60.7 Å². The minimum Gasteiger partial charge on any atom is -0.297 e. The average Bonchev–Trinajstić information content (AvgIpc) is 2.86. The molecule has 0 aromatic heterocycles. The summed E-state index contributed by atoms with van der Waals surface area (Å²) in [7, 11) is 0.